The molecule has 11 heteroatoms. The van der Waals surface area contributed by atoms with E-state index in [1.54, 1.807) is 36.8 Å². The molecule has 2 fully saturated rings. The first kappa shape index (κ1) is 25.6. The number of fused-ring (bicyclic) bond motifs is 1. The van der Waals surface area contributed by atoms with Crippen molar-refractivity contribution >= 4 is 22.3 Å². The molecule has 1 aromatic carbocycles. The van der Waals surface area contributed by atoms with Crippen LogP contribution in [0, 0.1) is 0 Å². The zero-order valence-corrected chi connectivity index (χ0v) is 20.0. The highest BCUT2D eigenvalue weighted by atomic mass is 32.2. The second kappa shape index (κ2) is 11.4. The molecule has 184 valence electrons. The summed E-state index contributed by atoms with van der Waals surface area (Å²) in [4.78, 5) is 16.5. The molecule has 2 aliphatic rings. The molecule has 0 bridgehead atoms. The van der Waals surface area contributed by atoms with E-state index in [2.05, 4.69) is 16.9 Å². The summed E-state index contributed by atoms with van der Waals surface area (Å²) in [5.41, 5.74) is 0. The molecular weight excluding hydrogens is 452 g/mol. The minimum atomic E-state index is -4.06. The number of unbranched alkanes of at least 4 members (excludes halogenated alkanes) is 4. The van der Waals surface area contributed by atoms with E-state index in [9.17, 15) is 13.2 Å². The van der Waals surface area contributed by atoms with Crippen molar-refractivity contribution < 1.29 is 37.0 Å². The molecular formula is C22H32N2O8S. The highest BCUT2D eigenvalue weighted by Crippen LogP contribution is 2.38. The minimum absolute atomic E-state index is 0.0682. The van der Waals surface area contributed by atoms with Gasteiger partial charge in [-0.1, -0.05) is 56.0 Å². The number of nitrogens with zero attached hydrogens (tertiary/aromatic N) is 1. The van der Waals surface area contributed by atoms with E-state index in [1.807, 2.05) is 0 Å². The van der Waals surface area contributed by atoms with Crippen LogP contribution < -0.4 is 4.72 Å². The van der Waals surface area contributed by atoms with Crippen LogP contribution in [0.2, 0.25) is 0 Å². The summed E-state index contributed by atoms with van der Waals surface area (Å²) in [6, 6.07) is 7.46. The van der Waals surface area contributed by atoms with Crippen molar-refractivity contribution in [2.75, 3.05) is 6.61 Å². The molecule has 0 aliphatic carbocycles. The predicted molar refractivity (Wildman–Crippen MR) is 119 cm³/mol. The number of carbonyl (C=O) groups is 1. The van der Waals surface area contributed by atoms with Gasteiger partial charge >= 0.3 is 6.09 Å². The lowest BCUT2D eigenvalue weighted by Gasteiger charge is -2.23. The molecule has 2 saturated heterocycles. The third-order valence-electron chi connectivity index (χ3n) is 5.19. The Bertz CT molecular complexity index is 906. The van der Waals surface area contributed by atoms with Gasteiger partial charge in [0.1, 0.15) is 18.3 Å². The Kier molecular flexibility index (Phi) is 8.82. The lowest BCUT2D eigenvalue weighted by molar-refractivity contribution is -0.225. The van der Waals surface area contributed by atoms with E-state index >= 15 is 0 Å². The Balaban J connectivity index is 1.52. The van der Waals surface area contributed by atoms with Gasteiger partial charge in [-0.05, 0) is 32.4 Å². The Morgan fingerprint density at radius 1 is 1.12 bits per heavy atom. The van der Waals surface area contributed by atoms with Crippen molar-refractivity contribution in [2.45, 2.75) is 88.2 Å². The lowest BCUT2D eigenvalue weighted by atomic mass is 10.1. The molecule has 1 N–H and O–H groups in total. The Labute approximate surface area is 194 Å². The first-order valence-electron chi connectivity index (χ1n) is 11.2. The van der Waals surface area contributed by atoms with Gasteiger partial charge in [-0.3, -0.25) is 4.84 Å². The van der Waals surface area contributed by atoms with Crippen molar-refractivity contribution in [3.05, 3.63) is 30.3 Å². The largest absolute Gasteiger partial charge is 0.447 e. The van der Waals surface area contributed by atoms with Gasteiger partial charge in [0.2, 0.25) is 0 Å². The van der Waals surface area contributed by atoms with E-state index in [4.69, 9.17) is 18.9 Å². The fourth-order valence-corrected chi connectivity index (χ4v) is 4.57. The average molecular weight is 485 g/mol. The Hall–Kier alpha value is -2.05. The Morgan fingerprint density at radius 3 is 2.55 bits per heavy atom. The molecule has 0 aromatic heterocycles. The van der Waals surface area contributed by atoms with E-state index in [0.29, 0.717) is 6.61 Å². The fourth-order valence-electron chi connectivity index (χ4n) is 3.68. The number of amides is 1. The third kappa shape index (κ3) is 7.21. The number of hydrogen-bond donors (Lipinski definition) is 1. The second-order valence-electron chi connectivity index (χ2n) is 8.37. The second-order valence-corrected chi connectivity index (χ2v) is 10.1. The number of carbonyl (C=O) groups excluding carboxylic acids is 1. The number of benzene rings is 1. The monoisotopic (exact) mass is 484 g/mol. The standard InChI is InChI=1S/C22H32N2O8S/c1-4-5-6-7-11-14-28-20-19-18(30-22(2,3)31-19)17(29-20)15-23-32-21(25)24-33(26,27)16-12-9-8-10-13-16/h8-10,12-13,15,17-20H,4-7,11,14H2,1-3H3,(H,24,25)/b23-15+/t17-,18+,19+,20+/m1/s1. The molecule has 1 aromatic rings. The van der Waals surface area contributed by atoms with Crippen LogP contribution in [-0.4, -0.2) is 57.7 Å². The van der Waals surface area contributed by atoms with E-state index in [0.717, 1.165) is 12.8 Å². The quantitative estimate of drug-likeness (QED) is 0.220. The van der Waals surface area contributed by atoms with Crippen LogP contribution >= 0.6 is 0 Å². The fraction of sp³-hybridized carbons (Fsp3) is 0.636. The summed E-state index contributed by atoms with van der Waals surface area (Å²) in [6.07, 6.45) is 3.23. The van der Waals surface area contributed by atoms with Crippen LogP contribution in [0.1, 0.15) is 52.9 Å². The molecule has 2 heterocycles. The van der Waals surface area contributed by atoms with E-state index in [1.165, 1.54) is 37.6 Å². The summed E-state index contributed by atoms with van der Waals surface area (Å²) in [6.45, 7) is 6.28. The molecule has 0 radical (unpaired) electrons. The van der Waals surface area contributed by atoms with Crippen molar-refractivity contribution in [1.29, 1.82) is 0 Å². The maximum absolute atomic E-state index is 12.2. The smallest absolute Gasteiger partial charge is 0.350 e. The molecule has 2 aliphatic heterocycles. The van der Waals surface area contributed by atoms with Gasteiger partial charge in [-0.15, -0.1) is 0 Å². The van der Waals surface area contributed by atoms with Crippen LogP contribution in [0.25, 0.3) is 0 Å². The minimum Gasteiger partial charge on any atom is -0.350 e. The number of sulfonamides is 1. The van der Waals surface area contributed by atoms with Crippen LogP contribution in [0.3, 0.4) is 0 Å². The van der Waals surface area contributed by atoms with Gasteiger partial charge in [-0.25, -0.2) is 17.9 Å². The highest BCUT2D eigenvalue weighted by Gasteiger charge is 2.55. The number of ether oxygens (including phenoxy) is 4. The lowest BCUT2D eigenvalue weighted by Crippen LogP contribution is -2.32. The van der Waals surface area contributed by atoms with Gasteiger partial charge in [0, 0.05) is 6.61 Å². The summed E-state index contributed by atoms with van der Waals surface area (Å²) >= 11 is 0. The number of hydrogen-bond acceptors (Lipinski definition) is 9. The highest BCUT2D eigenvalue weighted by molar-refractivity contribution is 7.90. The van der Waals surface area contributed by atoms with Gasteiger partial charge in [0.05, 0.1) is 11.1 Å². The maximum atomic E-state index is 12.2. The van der Waals surface area contributed by atoms with Crippen molar-refractivity contribution in [3.63, 3.8) is 0 Å². The van der Waals surface area contributed by atoms with Crippen molar-refractivity contribution in [3.8, 4) is 0 Å². The number of nitrogens with one attached hydrogen (secondary N) is 1. The summed E-state index contributed by atoms with van der Waals surface area (Å²) in [5.74, 6) is -0.823. The summed E-state index contributed by atoms with van der Waals surface area (Å²) < 4.78 is 49.7. The topological polar surface area (TPSA) is 122 Å². The van der Waals surface area contributed by atoms with Crippen LogP contribution in [0.5, 0.6) is 0 Å². The zero-order valence-electron chi connectivity index (χ0n) is 19.1. The molecule has 0 unspecified atom stereocenters. The molecule has 0 saturated carbocycles. The molecule has 3 rings (SSSR count). The van der Waals surface area contributed by atoms with Crippen LogP contribution in [0.15, 0.2) is 40.4 Å². The molecule has 4 atom stereocenters. The number of rotatable bonds is 11. The summed E-state index contributed by atoms with van der Waals surface area (Å²) in [7, 11) is -4.06. The summed E-state index contributed by atoms with van der Waals surface area (Å²) in [5, 5.41) is 3.59. The van der Waals surface area contributed by atoms with Crippen molar-refractivity contribution in [2.24, 2.45) is 5.16 Å². The van der Waals surface area contributed by atoms with Gasteiger partial charge < -0.3 is 18.9 Å². The van der Waals surface area contributed by atoms with Gasteiger partial charge in [0.15, 0.2) is 12.1 Å². The Morgan fingerprint density at radius 2 is 1.82 bits per heavy atom. The molecule has 10 nitrogen and oxygen atoms in total. The maximum Gasteiger partial charge on any atom is 0.447 e. The first-order chi connectivity index (χ1) is 15.7. The van der Waals surface area contributed by atoms with Gasteiger partial charge in [-0.2, -0.15) is 0 Å². The van der Waals surface area contributed by atoms with Crippen LogP contribution in [0.4, 0.5) is 4.79 Å². The predicted octanol–water partition coefficient (Wildman–Crippen LogP) is 3.32. The van der Waals surface area contributed by atoms with Gasteiger partial charge in [0.25, 0.3) is 10.0 Å². The van der Waals surface area contributed by atoms with Crippen molar-refractivity contribution in [1.82, 2.24) is 4.72 Å². The van der Waals surface area contributed by atoms with Crippen LogP contribution in [-0.2, 0) is 33.8 Å². The zero-order chi connectivity index (χ0) is 23.9. The molecule has 33 heavy (non-hydrogen) atoms. The molecule has 0 spiro atoms. The SMILES string of the molecule is CCCCCCCO[C@H]1O[C@H](/C=N/OC(=O)NS(=O)(=O)c2ccccc2)[C@@H]2OC(C)(C)O[C@H]12. The van der Waals surface area contributed by atoms with E-state index in [-0.39, 0.29) is 4.90 Å². The molecule has 1 amide bonds. The third-order valence-corrected chi connectivity index (χ3v) is 6.52. The first-order valence-corrected chi connectivity index (χ1v) is 12.7. The average Bonchev–Trinajstić information content (AvgIpc) is 3.24. The number of oxime groups is 1. The normalized spacial score (nSPS) is 26.4. The van der Waals surface area contributed by atoms with E-state index < -0.39 is 46.5 Å².